The Morgan fingerprint density at radius 1 is 1.16 bits per heavy atom. The molecule has 2 aromatic heterocycles. The number of esters is 1. The first kappa shape index (κ1) is 25.1. The summed E-state index contributed by atoms with van der Waals surface area (Å²) in [5, 5.41) is 11.4. The summed E-state index contributed by atoms with van der Waals surface area (Å²) in [6.45, 7) is 5.62. The van der Waals surface area contributed by atoms with Crippen LogP contribution >= 0.6 is 11.3 Å². The number of nitro benzene ring substituents is 1. The second kappa shape index (κ2) is 10.1. The minimum Gasteiger partial charge on any atom is -0.463 e. The number of furan rings is 1. The highest BCUT2D eigenvalue weighted by Crippen LogP contribution is 2.32. The molecule has 0 aliphatic carbocycles. The van der Waals surface area contributed by atoms with Crippen LogP contribution < -0.4 is 14.9 Å². The molecule has 0 unspecified atom stereocenters. The second-order valence-electron chi connectivity index (χ2n) is 8.69. The topological polar surface area (TPSA) is 117 Å². The van der Waals surface area contributed by atoms with Gasteiger partial charge in [-0.05, 0) is 44.5 Å². The Kier molecular flexibility index (Phi) is 6.64. The van der Waals surface area contributed by atoms with Gasteiger partial charge in [-0.3, -0.25) is 19.5 Å². The van der Waals surface area contributed by atoms with E-state index in [0.717, 1.165) is 11.1 Å². The molecule has 38 heavy (non-hydrogen) atoms. The number of aryl methyl sites for hydroxylation is 1. The Bertz CT molecular complexity index is 1780. The number of fused-ring (bicyclic) bond motifs is 1. The summed E-state index contributed by atoms with van der Waals surface area (Å²) in [5.41, 5.74) is 2.53. The summed E-state index contributed by atoms with van der Waals surface area (Å²) >= 11 is 1.18. The molecule has 0 radical (unpaired) electrons. The Morgan fingerprint density at radius 2 is 1.89 bits per heavy atom. The van der Waals surface area contributed by atoms with E-state index >= 15 is 0 Å². The van der Waals surface area contributed by atoms with Crippen LogP contribution in [0.4, 0.5) is 5.69 Å². The first-order chi connectivity index (χ1) is 18.3. The third kappa shape index (κ3) is 4.50. The Hall–Kier alpha value is -4.57. The molecule has 0 saturated carbocycles. The van der Waals surface area contributed by atoms with Gasteiger partial charge in [-0.25, -0.2) is 9.79 Å². The van der Waals surface area contributed by atoms with Gasteiger partial charge in [-0.15, -0.1) is 0 Å². The zero-order chi connectivity index (χ0) is 27.0. The lowest BCUT2D eigenvalue weighted by Gasteiger charge is -2.24. The van der Waals surface area contributed by atoms with Gasteiger partial charge in [0.25, 0.3) is 11.2 Å². The summed E-state index contributed by atoms with van der Waals surface area (Å²) in [6.07, 6.45) is 1.58. The predicted octanol–water partition coefficient (Wildman–Crippen LogP) is 4.27. The average Bonchev–Trinajstić information content (AvgIpc) is 3.48. The van der Waals surface area contributed by atoms with Crippen molar-refractivity contribution in [2.24, 2.45) is 4.99 Å². The van der Waals surface area contributed by atoms with Crippen LogP contribution in [0.3, 0.4) is 0 Å². The number of aromatic nitrogens is 1. The monoisotopic (exact) mass is 529 g/mol. The van der Waals surface area contributed by atoms with E-state index in [9.17, 15) is 19.7 Å². The standard InChI is InChI=1S/C28H23N3O6S/c1-4-36-27(33)24-17(3)29-28-30(25(24)18-11-9-16(2)10-12-18)26(32)23(38-28)15-19-13-14-22(37-19)20-7-5-6-8-21(20)31(34)35/h5-15,25H,4H2,1-3H3/b23-15-/t25-/m0/s1. The summed E-state index contributed by atoms with van der Waals surface area (Å²) < 4.78 is 13.0. The van der Waals surface area contributed by atoms with Crippen LogP contribution in [0.5, 0.6) is 0 Å². The fourth-order valence-electron chi connectivity index (χ4n) is 4.40. The van der Waals surface area contributed by atoms with E-state index < -0.39 is 16.9 Å². The molecule has 10 heteroatoms. The maximum absolute atomic E-state index is 13.7. The predicted molar refractivity (Wildman–Crippen MR) is 142 cm³/mol. The Balaban J connectivity index is 1.64. The van der Waals surface area contributed by atoms with Gasteiger partial charge in [-0.2, -0.15) is 0 Å². The molecule has 4 aromatic rings. The number of rotatable bonds is 6. The number of thiazole rings is 1. The van der Waals surface area contributed by atoms with Gasteiger partial charge in [-0.1, -0.05) is 53.3 Å². The van der Waals surface area contributed by atoms with Gasteiger partial charge in [0.2, 0.25) is 0 Å². The zero-order valence-corrected chi connectivity index (χ0v) is 21.7. The second-order valence-corrected chi connectivity index (χ2v) is 9.70. The van der Waals surface area contributed by atoms with Crippen LogP contribution in [-0.2, 0) is 9.53 Å². The number of ether oxygens (including phenoxy) is 1. The van der Waals surface area contributed by atoms with Gasteiger partial charge < -0.3 is 9.15 Å². The van der Waals surface area contributed by atoms with Crippen molar-refractivity contribution in [2.45, 2.75) is 26.8 Å². The lowest BCUT2D eigenvalue weighted by molar-refractivity contribution is -0.384. The summed E-state index contributed by atoms with van der Waals surface area (Å²) in [6, 6.07) is 16.5. The lowest BCUT2D eigenvalue weighted by Crippen LogP contribution is -2.39. The summed E-state index contributed by atoms with van der Waals surface area (Å²) in [7, 11) is 0. The fraction of sp³-hybridized carbons (Fsp3) is 0.179. The maximum Gasteiger partial charge on any atom is 0.338 e. The van der Waals surface area contributed by atoms with E-state index in [2.05, 4.69) is 4.99 Å². The van der Waals surface area contributed by atoms with E-state index in [-0.39, 0.29) is 17.9 Å². The minimum absolute atomic E-state index is 0.0761. The van der Waals surface area contributed by atoms with Crippen LogP contribution in [0, 0.1) is 17.0 Å². The van der Waals surface area contributed by atoms with E-state index in [1.54, 1.807) is 50.3 Å². The number of nitro groups is 1. The van der Waals surface area contributed by atoms with Gasteiger partial charge in [0, 0.05) is 12.1 Å². The largest absolute Gasteiger partial charge is 0.463 e. The molecular weight excluding hydrogens is 506 g/mol. The van der Waals surface area contributed by atoms with Crippen molar-refractivity contribution in [3.8, 4) is 11.3 Å². The van der Waals surface area contributed by atoms with Crippen LogP contribution in [0.2, 0.25) is 0 Å². The first-order valence-corrected chi connectivity index (χ1v) is 12.7. The van der Waals surface area contributed by atoms with Gasteiger partial charge in [0.1, 0.15) is 11.5 Å². The number of allylic oxidation sites excluding steroid dienone is 1. The molecule has 0 bridgehead atoms. The molecule has 5 rings (SSSR count). The summed E-state index contributed by atoms with van der Waals surface area (Å²) in [4.78, 5) is 42.6. The minimum atomic E-state index is -0.702. The number of carbonyl (C=O) groups excluding carboxylic acids is 1. The normalized spacial score (nSPS) is 15.2. The molecule has 1 atom stereocenters. The van der Waals surface area contributed by atoms with E-state index in [1.807, 2.05) is 31.2 Å². The highest BCUT2D eigenvalue weighted by Gasteiger charge is 2.33. The molecule has 0 fully saturated rings. The highest BCUT2D eigenvalue weighted by molar-refractivity contribution is 7.07. The Labute approximate surface area is 220 Å². The fourth-order valence-corrected chi connectivity index (χ4v) is 5.43. The average molecular weight is 530 g/mol. The molecule has 1 aliphatic rings. The van der Waals surface area contributed by atoms with Crippen molar-refractivity contribution in [1.29, 1.82) is 0 Å². The van der Waals surface area contributed by atoms with Crippen LogP contribution in [-0.4, -0.2) is 22.1 Å². The zero-order valence-electron chi connectivity index (χ0n) is 20.8. The first-order valence-electron chi connectivity index (χ1n) is 11.9. The van der Waals surface area contributed by atoms with E-state index in [0.29, 0.717) is 37.7 Å². The van der Waals surface area contributed by atoms with Crippen molar-refractivity contribution < 1.29 is 18.9 Å². The van der Waals surface area contributed by atoms with Crippen LogP contribution in [0.1, 0.15) is 36.8 Å². The molecule has 1 aliphatic heterocycles. The summed E-state index contributed by atoms with van der Waals surface area (Å²) in [5.74, 6) is 0.152. The molecule has 9 nitrogen and oxygen atoms in total. The third-order valence-corrected chi connectivity index (χ3v) is 7.16. The molecule has 192 valence electrons. The number of carbonyl (C=O) groups is 1. The van der Waals surface area contributed by atoms with Gasteiger partial charge >= 0.3 is 5.97 Å². The number of hydrogen-bond acceptors (Lipinski definition) is 8. The SMILES string of the molecule is CCOC(=O)C1=C(C)N=c2s/c(=C\c3ccc(-c4ccccc4[N+](=O)[O-])o3)c(=O)n2[C@H]1c1ccc(C)cc1. The van der Waals surface area contributed by atoms with Crippen LogP contribution in [0.25, 0.3) is 17.4 Å². The number of hydrogen-bond donors (Lipinski definition) is 0. The molecular formula is C28H23N3O6S. The van der Waals surface area contributed by atoms with Crippen LogP contribution in [0.15, 0.2) is 86.1 Å². The van der Waals surface area contributed by atoms with Crippen molar-refractivity contribution in [3.05, 3.63) is 119 Å². The smallest absolute Gasteiger partial charge is 0.338 e. The van der Waals surface area contributed by atoms with E-state index in [4.69, 9.17) is 9.15 Å². The molecule has 0 spiro atoms. The molecule has 0 amide bonds. The lowest BCUT2D eigenvalue weighted by atomic mass is 9.95. The Morgan fingerprint density at radius 3 is 2.61 bits per heavy atom. The van der Waals surface area contributed by atoms with Gasteiger partial charge in [0.15, 0.2) is 4.80 Å². The molecule has 0 saturated heterocycles. The quantitative estimate of drug-likeness (QED) is 0.209. The maximum atomic E-state index is 13.7. The molecule has 0 N–H and O–H groups in total. The van der Waals surface area contributed by atoms with Crippen molar-refractivity contribution in [2.75, 3.05) is 6.61 Å². The van der Waals surface area contributed by atoms with Crippen molar-refractivity contribution in [3.63, 3.8) is 0 Å². The number of para-hydroxylation sites is 1. The number of benzene rings is 2. The highest BCUT2D eigenvalue weighted by atomic mass is 32.1. The van der Waals surface area contributed by atoms with E-state index in [1.165, 1.54) is 22.0 Å². The molecule has 2 aromatic carbocycles. The number of nitrogens with zero attached hydrogens (tertiary/aromatic N) is 3. The third-order valence-electron chi connectivity index (χ3n) is 6.18. The van der Waals surface area contributed by atoms with Crippen molar-refractivity contribution in [1.82, 2.24) is 4.57 Å². The van der Waals surface area contributed by atoms with Gasteiger partial charge in [0.05, 0.1) is 38.9 Å². The van der Waals surface area contributed by atoms with Crippen molar-refractivity contribution >= 4 is 29.1 Å². The molecule has 3 heterocycles.